The number of nitrogens with zero attached hydrogens (tertiary/aromatic N) is 2. The molecule has 0 saturated carbocycles. The number of rotatable bonds is 6. The first-order valence-corrected chi connectivity index (χ1v) is 11.9. The van der Waals surface area contributed by atoms with Crippen molar-refractivity contribution in [2.24, 2.45) is 0 Å². The van der Waals surface area contributed by atoms with Crippen molar-refractivity contribution >= 4 is 33.6 Å². The van der Waals surface area contributed by atoms with Crippen LogP contribution in [0.5, 0.6) is 0 Å². The number of sulfone groups is 1. The highest BCUT2D eigenvalue weighted by Crippen LogP contribution is 2.24. The van der Waals surface area contributed by atoms with Crippen LogP contribution in [-0.4, -0.2) is 79.4 Å². The van der Waals surface area contributed by atoms with Crippen LogP contribution in [0.4, 0.5) is 0 Å². The second kappa shape index (κ2) is 9.06. The standard InChI is InChI=1S/C19H26N2O3S2/c22-19(15-25-18-8-14-26(23,24)16-18)21-12-10-20(11-13-21)9-4-7-17-5-2-1-3-6-17/h1-7,18H,8-16H2/b7-4+. The topological polar surface area (TPSA) is 57.7 Å². The summed E-state index contributed by atoms with van der Waals surface area (Å²) in [6.07, 6.45) is 4.98. The molecule has 1 atom stereocenters. The fourth-order valence-electron chi connectivity index (χ4n) is 3.25. The van der Waals surface area contributed by atoms with E-state index in [2.05, 4.69) is 29.2 Å². The number of carbonyl (C=O) groups excluding carboxylic acids is 1. The predicted octanol–water partition coefficient (Wildman–Crippen LogP) is 1.76. The first-order valence-electron chi connectivity index (χ1n) is 9.05. The maximum absolute atomic E-state index is 12.3. The van der Waals surface area contributed by atoms with Gasteiger partial charge >= 0.3 is 0 Å². The van der Waals surface area contributed by atoms with Gasteiger partial charge in [-0.2, -0.15) is 0 Å². The van der Waals surface area contributed by atoms with Gasteiger partial charge in [-0.15, -0.1) is 11.8 Å². The molecule has 0 aliphatic carbocycles. The number of piperazine rings is 1. The van der Waals surface area contributed by atoms with Gasteiger partial charge in [0.05, 0.1) is 17.3 Å². The van der Waals surface area contributed by atoms with Crippen LogP contribution in [0.2, 0.25) is 0 Å². The summed E-state index contributed by atoms with van der Waals surface area (Å²) in [4.78, 5) is 16.6. The lowest BCUT2D eigenvalue weighted by Gasteiger charge is -2.34. The van der Waals surface area contributed by atoms with Gasteiger partial charge in [0.1, 0.15) is 0 Å². The highest BCUT2D eigenvalue weighted by molar-refractivity contribution is 8.02. The Balaban J connectivity index is 1.35. The van der Waals surface area contributed by atoms with E-state index >= 15 is 0 Å². The zero-order chi connectivity index (χ0) is 18.4. The number of hydrogen-bond acceptors (Lipinski definition) is 5. The molecule has 1 unspecified atom stereocenters. The lowest BCUT2D eigenvalue weighted by atomic mass is 10.2. The fraction of sp³-hybridized carbons (Fsp3) is 0.526. The molecule has 5 nitrogen and oxygen atoms in total. The van der Waals surface area contributed by atoms with Gasteiger partial charge in [-0.05, 0) is 12.0 Å². The minimum Gasteiger partial charge on any atom is -0.339 e. The molecule has 0 N–H and O–H groups in total. The number of thioether (sulfide) groups is 1. The lowest BCUT2D eigenvalue weighted by molar-refractivity contribution is -0.130. The third-order valence-corrected chi connectivity index (χ3v) is 8.10. The van der Waals surface area contributed by atoms with Gasteiger partial charge in [0.15, 0.2) is 9.84 Å². The van der Waals surface area contributed by atoms with Crippen molar-refractivity contribution in [2.75, 3.05) is 50.0 Å². The summed E-state index contributed by atoms with van der Waals surface area (Å²) in [5.74, 6) is 1.04. The Bertz CT molecular complexity index is 726. The molecule has 0 bridgehead atoms. The van der Waals surface area contributed by atoms with E-state index in [4.69, 9.17) is 0 Å². The Morgan fingerprint density at radius 1 is 1.15 bits per heavy atom. The smallest absolute Gasteiger partial charge is 0.232 e. The van der Waals surface area contributed by atoms with Crippen molar-refractivity contribution in [1.82, 2.24) is 9.80 Å². The van der Waals surface area contributed by atoms with Crippen LogP contribution < -0.4 is 0 Å². The molecule has 2 aliphatic heterocycles. The van der Waals surface area contributed by atoms with E-state index in [9.17, 15) is 13.2 Å². The van der Waals surface area contributed by atoms with Gasteiger partial charge < -0.3 is 4.90 Å². The Morgan fingerprint density at radius 3 is 2.54 bits per heavy atom. The maximum Gasteiger partial charge on any atom is 0.232 e. The van der Waals surface area contributed by atoms with E-state index in [0.717, 1.165) is 32.7 Å². The van der Waals surface area contributed by atoms with Crippen LogP contribution in [0.3, 0.4) is 0 Å². The summed E-state index contributed by atoms with van der Waals surface area (Å²) < 4.78 is 23.0. The molecule has 26 heavy (non-hydrogen) atoms. The van der Waals surface area contributed by atoms with Gasteiger partial charge in [-0.3, -0.25) is 9.69 Å². The van der Waals surface area contributed by atoms with Crippen molar-refractivity contribution in [3.05, 3.63) is 42.0 Å². The summed E-state index contributed by atoms with van der Waals surface area (Å²) in [7, 11) is -2.86. The summed E-state index contributed by atoms with van der Waals surface area (Å²) in [6.45, 7) is 4.16. The van der Waals surface area contributed by atoms with E-state index in [0.29, 0.717) is 12.2 Å². The first kappa shape index (κ1) is 19.5. The largest absolute Gasteiger partial charge is 0.339 e. The minimum absolute atomic E-state index is 0.0911. The third-order valence-electron chi connectivity index (χ3n) is 4.83. The van der Waals surface area contributed by atoms with E-state index in [-0.39, 0.29) is 22.7 Å². The van der Waals surface area contributed by atoms with Gasteiger partial charge in [-0.25, -0.2) is 8.42 Å². The molecule has 2 fully saturated rings. The minimum atomic E-state index is -2.86. The number of carbonyl (C=O) groups is 1. The quantitative estimate of drug-likeness (QED) is 0.736. The molecule has 2 heterocycles. The monoisotopic (exact) mass is 394 g/mol. The molecule has 1 aromatic rings. The molecule has 0 aromatic heterocycles. The predicted molar refractivity (Wildman–Crippen MR) is 108 cm³/mol. The van der Waals surface area contributed by atoms with Crippen molar-refractivity contribution in [2.45, 2.75) is 11.7 Å². The molecule has 7 heteroatoms. The Kier molecular flexibility index (Phi) is 6.78. The Labute approximate surface area is 160 Å². The molecular weight excluding hydrogens is 368 g/mol. The average molecular weight is 395 g/mol. The molecule has 2 saturated heterocycles. The van der Waals surface area contributed by atoms with Crippen LogP contribution in [0.25, 0.3) is 6.08 Å². The van der Waals surface area contributed by atoms with E-state index in [1.165, 1.54) is 17.3 Å². The molecule has 3 rings (SSSR count). The summed E-state index contributed by atoms with van der Waals surface area (Å²) in [6, 6.07) is 10.2. The van der Waals surface area contributed by atoms with Crippen molar-refractivity contribution < 1.29 is 13.2 Å². The fourth-order valence-corrected chi connectivity index (χ4v) is 6.80. The van der Waals surface area contributed by atoms with E-state index < -0.39 is 9.84 Å². The third kappa shape index (κ3) is 5.86. The van der Waals surface area contributed by atoms with Crippen LogP contribution in [0, 0.1) is 0 Å². The summed E-state index contributed by atoms with van der Waals surface area (Å²) >= 11 is 1.51. The van der Waals surface area contributed by atoms with Crippen LogP contribution in [0.15, 0.2) is 36.4 Å². The molecule has 0 radical (unpaired) electrons. The van der Waals surface area contributed by atoms with Crippen LogP contribution in [-0.2, 0) is 14.6 Å². The van der Waals surface area contributed by atoms with Crippen molar-refractivity contribution in [3.8, 4) is 0 Å². The lowest BCUT2D eigenvalue weighted by Crippen LogP contribution is -2.49. The van der Waals surface area contributed by atoms with Gasteiger partial charge in [0, 0.05) is 38.0 Å². The van der Waals surface area contributed by atoms with E-state index in [1.807, 2.05) is 23.1 Å². The normalized spacial score (nSPS) is 23.5. The summed E-state index contributed by atoms with van der Waals surface area (Å²) in [5.41, 5.74) is 1.20. The second-order valence-corrected chi connectivity index (χ2v) is 10.3. The molecule has 1 amide bonds. The number of amides is 1. The number of hydrogen-bond donors (Lipinski definition) is 0. The first-order chi connectivity index (χ1) is 12.5. The molecule has 2 aliphatic rings. The van der Waals surface area contributed by atoms with Gasteiger partial charge in [0.2, 0.25) is 5.91 Å². The highest BCUT2D eigenvalue weighted by Gasteiger charge is 2.29. The van der Waals surface area contributed by atoms with Crippen molar-refractivity contribution in [1.29, 1.82) is 0 Å². The molecule has 142 valence electrons. The van der Waals surface area contributed by atoms with Crippen LogP contribution in [0.1, 0.15) is 12.0 Å². The van der Waals surface area contributed by atoms with Gasteiger partial charge in [-0.1, -0.05) is 42.5 Å². The maximum atomic E-state index is 12.3. The Hall–Kier alpha value is -1.31. The summed E-state index contributed by atoms with van der Waals surface area (Å²) in [5, 5.41) is 0.0911. The van der Waals surface area contributed by atoms with E-state index in [1.54, 1.807) is 0 Å². The Morgan fingerprint density at radius 2 is 1.88 bits per heavy atom. The molecule has 1 aromatic carbocycles. The van der Waals surface area contributed by atoms with Crippen LogP contribution >= 0.6 is 11.8 Å². The second-order valence-electron chi connectivity index (χ2n) is 6.83. The average Bonchev–Trinajstić information content (AvgIpc) is 3.00. The zero-order valence-electron chi connectivity index (χ0n) is 14.9. The SMILES string of the molecule is O=C(CSC1CCS(=O)(=O)C1)N1CCN(C/C=C/c2ccccc2)CC1. The molecular formula is C19H26N2O3S2. The number of benzene rings is 1. The van der Waals surface area contributed by atoms with Gasteiger partial charge in [0.25, 0.3) is 0 Å². The van der Waals surface area contributed by atoms with Crippen molar-refractivity contribution in [3.63, 3.8) is 0 Å². The molecule has 0 spiro atoms. The highest BCUT2D eigenvalue weighted by atomic mass is 32.2. The zero-order valence-corrected chi connectivity index (χ0v) is 16.6.